The molecule has 0 unspecified atom stereocenters. The molecule has 1 rings (SSSR count). The van der Waals surface area contributed by atoms with Crippen molar-refractivity contribution >= 4 is 17.6 Å². The van der Waals surface area contributed by atoms with Crippen LogP contribution in [-0.2, 0) is 4.79 Å². The van der Waals surface area contributed by atoms with Gasteiger partial charge in [-0.25, -0.2) is 0 Å². The summed E-state index contributed by atoms with van der Waals surface area (Å²) in [5.41, 5.74) is 5.57. The highest BCUT2D eigenvalue weighted by Crippen LogP contribution is 2.11. The van der Waals surface area contributed by atoms with E-state index < -0.39 is 17.9 Å². The second kappa shape index (κ2) is 3.82. The van der Waals surface area contributed by atoms with Gasteiger partial charge in [-0.15, -0.1) is 0 Å². The summed E-state index contributed by atoms with van der Waals surface area (Å²) in [6.07, 6.45) is 1.26. The Hall–Kier alpha value is -1.98. The predicted octanol–water partition coefficient (Wildman–Crippen LogP) is 0.0647. The molecule has 1 aromatic rings. The Kier molecular flexibility index (Phi) is 2.76. The molecule has 0 aliphatic rings. The molecule has 6 heteroatoms. The van der Waals surface area contributed by atoms with E-state index in [1.807, 2.05) is 0 Å². The Morgan fingerprint density at radius 1 is 1.64 bits per heavy atom. The molecule has 0 fully saturated rings. The maximum atomic E-state index is 11.3. The number of anilines is 1. The standard InChI is InChI=1S/C8H10N2O4/c1-4(8(12)13)10-7(11)6-5(9)2-3-14-6/h2-4H,9H2,1H3,(H,10,11)(H,12,13)/t4-/m1/s1. The van der Waals surface area contributed by atoms with Gasteiger partial charge >= 0.3 is 5.97 Å². The molecule has 14 heavy (non-hydrogen) atoms. The molecule has 0 saturated heterocycles. The van der Waals surface area contributed by atoms with Crippen molar-refractivity contribution in [2.75, 3.05) is 5.73 Å². The first-order chi connectivity index (χ1) is 6.52. The summed E-state index contributed by atoms with van der Waals surface area (Å²) in [5.74, 6) is -1.83. The van der Waals surface area contributed by atoms with Gasteiger partial charge in [-0.2, -0.15) is 0 Å². The molecule has 1 heterocycles. The largest absolute Gasteiger partial charge is 0.480 e. The summed E-state index contributed by atoms with van der Waals surface area (Å²) < 4.78 is 4.78. The maximum absolute atomic E-state index is 11.3. The van der Waals surface area contributed by atoms with Gasteiger partial charge in [0.05, 0.1) is 12.0 Å². The number of furan rings is 1. The number of hydrogen-bond donors (Lipinski definition) is 3. The van der Waals surface area contributed by atoms with Crippen molar-refractivity contribution < 1.29 is 19.1 Å². The minimum absolute atomic E-state index is 0.0712. The lowest BCUT2D eigenvalue weighted by Gasteiger charge is -2.07. The first-order valence-corrected chi connectivity index (χ1v) is 3.89. The Morgan fingerprint density at radius 2 is 2.29 bits per heavy atom. The van der Waals surface area contributed by atoms with E-state index in [1.54, 1.807) is 0 Å². The molecule has 1 atom stereocenters. The Balaban J connectivity index is 2.69. The number of carboxylic acids is 1. The van der Waals surface area contributed by atoms with Gasteiger partial charge in [0, 0.05) is 6.07 Å². The zero-order chi connectivity index (χ0) is 10.7. The molecule has 0 aliphatic heterocycles. The zero-order valence-corrected chi connectivity index (χ0v) is 7.48. The SMILES string of the molecule is C[C@@H](NC(=O)c1occc1N)C(=O)O. The number of nitrogens with two attached hydrogens (primary N) is 1. The third-order valence-corrected chi connectivity index (χ3v) is 1.62. The van der Waals surface area contributed by atoms with E-state index in [2.05, 4.69) is 5.32 Å². The van der Waals surface area contributed by atoms with E-state index in [-0.39, 0.29) is 11.4 Å². The summed E-state index contributed by atoms with van der Waals surface area (Å²) in [5, 5.41) is 10.7. The van der Waals surface area contributed by atoms with Gasteiger partial charge in [-0.05, 0) is 6.92 Å². The molecular weight excluding hydrogens is 188 g/mol. The molecule has 6 nitrogen and oxygen atoms in total. The quantitative estimate of drug-likeness (QED) is 0.637. The average molecular weight is 198 g/mol. The zero-order valence-electron chi connectivity index (χ0n) is 7.48. The molecule has 0 bridgehead atoms. The van der Waals surface area contributed by atoms with E-state index in [1.165, 1.54) is 19.3 Å². The summed E-state index contributed by atoms with van der Waals surface area (Å²) in [6.45, 7) is 1.35. The summed E-state index contributed by atoms with van der Waals surface area (Å²) in [6, 6.07) is 0.437. The minimum atomic E-state index is -1.12. The molecule has 1 amide bonds. The number of nitrogens with one attached hydrogen (secondary N) is 1. The Morgan fingerprint density at radius 3 is 2.71 bits per heavy atom. The van der Waals surface area contributed by atoms with Crippen molar-refractivity contribution in [3.63, 3.8) is 0 Å². The summed E-state index contributed by atoms with van der Waals surface area (Å²) in [4.78, 5) is 21.7. The van der Waals surface area contributed by atoms with E-state index in [0.717, 1.165) is 0 Å². The smallest absolute Gasteiger partial charge is 0.325 e. The molecule has 0 saturated carbocycles. The molecule has 0 spiro atoms. The maximum Gasteiger partial charge on any atom is 0.325 e. The van der Waals surface area contributed by atoms with Crippen molar-refractivity contribution in [2.45, 2.75) is 13.0 Å². The Bertz CT molecular complexity index is 358. The van der Waals surface area contributed by atoms with Gasteiger partial charge in [0.1, 0.15) is 6.04 Å². The molecule has 0 aromatic carbocycles. The van der Waals surface area contributed by atoms with Crippen molar-refractivity contribution in [1.29, 1.82) is 0 Å². The Labute approximate surface area is 79.7 Å². The third kappa shape index (κ3) is 2.03. The molecular formula is C8H10N2O4. The van der Waals surface area contributed by atoms with E-state index in [4.69, 9.17) is 15.3 Å². The van der Waals surface area contributed by atoms with Gasteiger partial charge < -0.3 is 20.6 Å². The van der Waals surface area contributed by atoms with E-state index >= 15 is 0 Å². The first-order valence-electron chi connectivity index (χ1n) is 3.89. The summed E-state index contributed by atoms with van der Waals surface area (Å²) >= 11 is 0. The van der Waals surface area contributed by atoms with Crippen LogP contribution in [0.15, 0.2) is 16.7 Å². The fourth-order valence-electron chi connectivity index (χ4n) is 0.828. The van der Waals surface area contributed by atoms with Crippen LogP contribution < -0.4 is 11.1 Å². The van der Waals surface area contributed by atoms with Crippen LogP contribution in [0.4, 0.5) is 5.69 Å². The van der Waals surface area contributed by atoms with Crippen molar-refractivity contribution in [3.8, 4) is 0 Å². The number of rotatable bonds is 3. The normalized spacial score (nSPS) is 12.1. The number of hydrogen-bond acceptors (Lipinski definition) is 4. The highest BCUT2D eigenvalue weighted by atomic mass is 16.4. The predicted molar refractivity (Wildman–Crippen MR) is 47.7 cm³/mol. The van der Waals surface area contributed by atoms with Crippen LogP contribution in [0.2, 0.25) is 0 Å². The molecule has 0 aliphatic carbocycles. The minimum Gasteiger partial charge on any atom is -0.480 e. The lowest BCUT2D eigenvalue weighted by molar-refractivity contribution is -0.138. The highest BCUT2D eigenvalue weighted by Gasteiger charge is 2.18. The van der Waals surface area contributed by atoms with Crippen LogP contribution in [-0.4, -0.2) is 23.0 Å². The topological polar surface area (TPSA) is 106 Å². The second-order valence-electron chi connectivity index (χ2n) is 2.74. The third-order valence-electron chi connectivity index (χ3n) is 1.62. The first kappa shape index (κ1) is 10.1. The fourth-order valence-corrected chi connectivity index (χ4v) is 0.828. The van der Waals surface area contributed by atoms with Crippen molar-refractivity contribution in [2.24, 2.45) is 0 Å². The van der Waals surface area contributed by atoms with Crippen LogP contribution >= 0.6 is 0 Å². The van der Waals surface area contributed by atoms with E-state index in [0.29, 0.717) is 0 Å². The number of nitrogen functional groups attached to an aromatic ring is 1. The van der Waals surface area contributed by atoms with Crippen LogP contribution in [0.25, 0.3) is 0 Å². The van der Waals surface area contributed by atoms with Gasteiger partial charge in [-0.3, -0.25) is 9.59 Å². The summed E-state index contributed by atoms with van der Waals surface area (Å²) in [7, 11) is 0. The number of carbonyl (C=O) groups excluding carboxylic acids is 1. The van der Waals surface area contributed by atoms with Gasteiger partial charge in [0.15, 0.2) is 0 Å². The molecule has 0 radical (unpaired) electrons. The number of carbonyl (C=O) groups is 2. The van der Waals surface area contributed by atoms with E-state index in [9.17, 15) is 9.59 Å². The van der Waals surface area contributed by atoms with Crippen LogP contribution in [0.1, 0.15) is 17.5 Å². The highest BCUT2D eigenvalue weighted by molar-refractivity contribution is 5.98. The average Bonchev–Trinajstić information content (AvgIpc) is 2.51. The van der Waals surface area contributed by atoms with Crippen molar-refractivity contribution in [3.05, 3.63) is 18.1 Å². The fraction of sp³-hybridized carbons (Fsp3) is 0.250. The molecule has 1 aromatic heterocycles. The lowest BCUT2D eigenvalue weighted by Crippen LogP contribution is -2.38. The monoisotopic (exact) mass is 198 g/mol. The van der Waals surface area contributed by atoms with Crippen LogP contribution in [0, 0.1) is 0 Å². The number of aliphatic carboxylic acids is 1. The molecule has 4 N–H and O–H groups in total. The van der Waals surface area contributed by atoms with Gasteiger partial charge in [0.2, 0.25) is 5.76 Å². The van der Waals surface area contributed by atoms with Gasteiger partial charge in [0.25, 0.3) is 5.91 Å². The van der Waals surface area contributed by atoms with Crippen LogP contribution in [0.3, 0.4) is 0 Å². The van der Waals surface area contributed by atoms with Crippen molar-refractivity contribution in [1.82, 2.24) is 5.32 Å². The second-order valence-corrected chi connectivity index (χ2v) is 2.74. The number of carboxylic acid groups (broad SMARTS) is 1. The van der Waals surface area contributed by atoms with Gasteiger partial charge in [-0.1, -0.05) is 0 Å². The molecule has 76 valence electrons. The van der Waals surface area contributed by atoms with Crippen LogP contribution in [0.5, 0.6) is 0 Å². The number of amides is 1. The lowest BCUT2D eigenvalue weighted by atomic mass is 10.3.